The summed E-state index contributed by atoms with van der Waals surface area (Å²) in [7, 11) is 0. The molecular formula is C10H21NO. The number of pyridine rings is 1. The van der Waals surface area contributed by atoms with Crippen molar-refractivity contribution in [1.29, 1.82) is 0 Å². The second kappa shape index (κ2) is 9.95. The smallest absolute Gasteiger partial charge is 0.247 e. The maximum atomic E-state index is 10.4. The first-order chi connectivity index (χ1) is 5.79. The highest BCUT2D eigenvalue weighted by molar-refractivity contribution is 5.04. The molecule has 0 aromatic carbocycles. The van der Waals surface area contributed by atoms with Gasteiger partial charge in [-0.3, -0.25) is 4.79 Å². The van der Waals surface area contributed by atoms with E-state index in [0.29, 0.717) is 0 Å². The number of aromatic amines is 1. The van der Waals surface area contributed by atoms with Crippen LogP contribution in [0, 0.1) is 6.92 Å². The van der Waals surface area contributed by atoms with Gasteiger partial charge in [0, 0.05) is 13.7 Å². The third-order valence-corrected chi connectivity index (χ3v) is 0.940. The fourth-order valence-corrected chi connectivity index (χ4v) is 0.488. The summed E-state index contributed by atoms with van der Waals surface area (Å²) in [5, 5.41) is 0. The quantitative estimate of drug-likeness (QED) is 0.639. The van der Waals surface area contributed by atoms with Crippen LogP contribution in [0.4, 0.5) is 0 Å². The molecule has 1 aromatic rings. The van der Waals surface area contributed by atoms with Gasteiger partial charge in [0.05, 0.1) is 0 Å². The van der Waals surface area contributed by atoms with Crippen molar-refractivity contribution >= 4 is 0 Å². The predicted octanol–water partition coefficient (Wildman–Crippen LogP) is 2.98. The van der Waals surface area contributed by atoms with E-state index < -0.39 is 0 Å². The van der Waals surface area contributed by atoms with Gasteiger partial charge in [0.15, 0.2) is 0 Å². The van der Waals surface area contributed by atoms with Crippen LogP contribution in [0.15, 0.2) is 23.1 Å². The lowest BCUT2D eigenvalue weighted by atomic mass is 10.3. The predicted molar refractivity (Wildman–Crippen MR) is 56.6 cm³/mol. The fraction of sp³-hybridized carbons (Fsp3) is 0.500. The van der Waals surface area contributed by atoms with Crippen molar-refractivity contribution in [3.05, 3.63) is 34.2 Å². The van der Waals surface area contributed by atoms with Crippen molar-refractivity contribution < 1.29 is 1.43 Å². The lowest BCUT2D eigenvalue weighted by Gasteiger charge is -1.83. The normalized spacial score (nSPS) is 7.08. The Labute approximate surface area is 76.1 Å². The van der Waals surface area contributed by atoms with Crippen molar-refractivity contribution in [2.75, 3.05) is 0 Å². The summed E-state index contributed by atoms with van der Waals surface area (Å²) in [6.45, 7) is 9.93. The van der Waals surface area contributed by atoms with Crippen LogP contribution in [-0.4, -0.2) is 4.98 Å². The Morgan fingerprint density at radius 1 is 1.17 bits per heavy atom. The second-order valence-corrected chi connectivity index (χ2v) is 1.73. The van der Waals surface area contributed by atoms with Crippen LogP contribution in [0.1, 0.15) is 34.7 Å². The first-order valence-corrected chi connectivity index (χ1v) is 4.44. The van der Waals surface area contributed by atoms with Gasteiger partial charge in [0.2, 0.25) is 5.56 Å². The summed E-state index contributed by atoms with van der Waals surface area (Å²) in [4.78, 5) is 12.9. The zero-order valence-corrected chi connectivity index (χ0v) is 8.64. The highest BCUT2D eigenvalue weighted by Crippen LogP contribution is 1.84. The van der Waals surface area contributed by atoms with Crippen LogP contribution in [0.2, 0.25) is 0 Å². The molecule has 72 valence electrons. The Balaban J connectivity index is -0.000000178. The molecule has 2 nitrogen and oxygen atoms in total. The minimum atomic E-state index is -0.0457. The number of aryl methyl sites for hydroxylation is 1. The number of H-pyrrole nitrogens is 1. The summed E-state index contributed by atoms with van der Waals surface area (Å²) in [6.07, 6.45) is 1.68. The zero-order chi connectivity index (χ0) is 9.98. The van der Waals surface area contributed by atoms with Gasteiger partial charge in [0.25, 0.3) is 0 Å². The minimum Gasteiger partial charge on any atom is -0.329 e. The molecule has 0 radical (unpaired) electrons. The third-order valence-electron chi connectivity index (χ3n) is 0.940. The molecule has 0 bridgehead atoms. The van der Waals surface area contributed by atoms with E-state index >= 15 is 0 Å². The highest BCUT2D eigenvalue weighted by Gasteiger charge is 1.78. The number of aromatic nitrogens is 1. The first-order valence-electron chi connectivity index (χ1n) is 4.44. The van der Waals surface area contributed by atoms with Gasteiger partial charge in [-0.05, 0) is 12.5 Å². The molecule has 1 rings (SSSR count). The van der Waals surface area contributed by atoms with Crippen LogP contribution >= 0.6 is 0 Å². The first kappa shape index (κ1) is 13.5. The topological polar surface area (TPSA) is 32.9 Å². The molecule has 0 atom stereocenters. The number of hydrogen-bond donors (Lipinski definition) is 1. The molecule has 0 aliphatic heterocycles. The van der Waals surface area contributed by atoms with Gasteiger partial charge in [-0.15, -0.1) is 0 Å². The van der Waals surface area contributed by atoms with E-state index in [0.717, 1.165) is 5.56 Å². The van der Waals surface area contributed by atoms with E-state index in [1.165, 1.54) is 6.07 Å². The average molecular weight is 171 g/mol. The number of nitrogens with one attached hydrogen (secondary N) is 1. The van der Waals surface area contributed by atoms with Gasteiger partial charge in [-0.1, -0.05) is 33.8 Å². The molecule has 1 heterocycles. The molecule has 1 aromatic heterocycles. The van der Waals surface area contributed by atoms with E-state index in [4.69, 9.17) is 0 Å². The molecular weight excluding hydrogens is 150 g/mol. The van der Waals surface area contributed by atoms with Crippen LogP contribution in [0.5, 0.6) is 0 Å². The molecule has 0 spiro atoms. The van der Waals surface area contributed by atoms with Crippen LogP contribution < -0.4 is 5.56 Å². The Bertz CT molecular complexity index is 212. The van der Waals surface area contributed by atoms with E-state index in [1.54, 1.807) is 12.3 Å². The molecule has 1 N–H and O–H groups in total. The Morgan fingerprint density at radius 2 is 1.67 bits per heavy atom. The molecule has 0 unspecified atom stereocenters. The second-order valence-electron chi connectivity index (χ2n) is 1.73. The van der Waals surface area contributed by atoms with Crippen LogP contribution in [0.3, 0.4) is 0 Å². The summed E-state index contributed by atoms with van der Waals surface area (Å²) < 4.78 is 0. The van der Waals surface area contributed by atoms with E-state index in [2.05, 4.69) is 4.98 Å². The summed E-state index contributed by atoms with van der Waals surface area (Å²) >= 11 is 0. The molecule has 0 aliphatic rings. The summed E-state index contributed by atoms with van der Waals surface area (Å²) in [6, 6.07) is 3.29. The monoisotopic (exact) mass is 171 g/mol. The lowest BCUT2D eigenvalue weighted by molar-refractivity contribution is 1.20. The summed E-state index contributed by atoms with van der Waals surface area (Å²) in [5.41, 5.74) is 1.03. The Morgan fingerprint density at radius 3 is 1.92 bits per heavy atom. The van der Waals surface area contributed by atoms with Crippen molar-refractivity contribution in [2.45, 2.75) is 34.6 Å². The highest BCUT2D eigenvalue weighted by atomic mass is 16.1. The van der Waals surface area contributed by atoms with Crippen LogP contribution in [0.25, 0.3) is 0 Å². The Hall–Kier alpha value is -1.05. The SMILES string of the molecule is CC.CC.Cc1ccc(=O)[nH]c1.[HH]. The van der Waals surface area contributed by atoms with Crippen molar-refractivity contribution in [1.82, 2.24) is 4.98 Å². The van der Waals surface area contributed by atoms with E-state index in [9.17, 15) is 4.79 Å². The largest absolute Gasteiger partial charge is 0.329 e. The molecule has 0 saturated heterocycles. The van der Waals surface area contributed by atoms with Crippen molar-refractivity contribution in [3.8, 4) is 0 Å². The standard InChI is InChI=1S/C6H7NO.2C2H6.H2/c1-5-2-3-6(8)7-4-5;2*1-2;/h2-4H,1H3,(H,7,8);2*1-2H3;1H. The third kappa shape index (κ3) is 7.06. The maximum absolute atomic E-state index is 10.4. The molecule has 0 fully saturated rings. The fourth-order valence-electron chi connectivity index (χ4n) is 0.488. The molecule has 12 heavy (non-hydrogen) atoms. The van der Waals surface area contributed by atoms with Crippen LogP contribution in [-0.2, 0) is 0 Å². The maximum Gasteiger partial charge on any atom is 0.247 e. The Kier molecular flexibility index (Phi) is 11.2. The number of rotatable bonds is 0. The minimum absolute atomic E-state index is 0. The van der Waals surface area contributed by atoms with E-state index in [-0.39, 0.29) is 6.99 Å². The summed E-state index contributed by atoms with van der Waals surface area (Å²) in [5.74, 6) is 0. The van der Waals surface area contributed by atoms with Gasteiger partial charge in [-0.2, -0.15) is 0 Å². The van der Waals surface area contributed by atoms with Gasteiger partial charge in [0.1, 0.15) is 0 Å². The van der Waals surface area contributed by atoms with Gasteiger partial charge >= 0.3 is 0 Å². The molecule has 2 heteroatoms. The molecule has 0 saturated carbocycles. The van der Waals surface area contributed by atoms with Crippen molar-refractivity contribution in [2.24, 2.45) is 0 Å². The number of hydrogen-bond acceptors (Lipinski definition) is 1. The van der Waals surface area contributed by atoms with Gasteiger partial charge < -0.3 is 4.98 Å². The zero-order valence-electron chi connectivity index (χ0n) is 8.64. The average Bonchev–Trinajstić information content (AvgIpc) is 2.17. The van der Waals surface area contributed by atoms with Gasteiger partial charge in [-0.25, -0.2) is 0 Å². The lowest BCUT2D eigenvalue weighted by Crippen LogP contribution is -2.00. The van der Waals surface area contributed by atoms with Crippen molar-refractivity contribution in [3.63, 3.8) is 0 Å². The molecule has 0 aliphatic carbocycles. The van der Waals surface area contributed by atoms with E-state index in [1.807, 2.05) is 34.6 Å². The molecule has 0 amide bonds.